The molecule has 0 aliphatic heterocycles. The van der Waals surface area contributed by atoms with Crippen molar-refractivity contribution in [3.63, 3.8) is 0 Å². The highest BCUT2D eigenvalue weighted by Gasteiger charge is 2.26. The lowest BCUT2D eigenvalue weighted by Gasteiger charge is -2.34. The van der Waals surface area contributed by atoms with Crippen molar-refractivity contribution in [2.75, 3.05) is 0 Å². The van der Waals surface area contributed by atoms with Crippen molar-refractivity contribution in [3.05, 3.63) is 35.4 Å². The molecule has 96 valence electrons. The summed E-state index contributed by atoms with van der Waals surface area (Å²) in [6.07, 6.45) is 4.01. The molecule has 1 fully saturated rings. The van der Waals surface area contributed by atoms with E-state index in [9.17, 15) is 0 Å². The Morgan fingerprint density at radius 3 is 2.61 bits per heavy atom. The highest BCUT2D eigenvalue weighted by Crippen LogP contribution is 2.29. The molecule has 2 nitrogen and oxygen atoms in total. The van der Waals surface area contributed by atoms with Crippen molar-refractivity contribution in [2.45, 2.75) is 45.7 Å². The Labute approximate surface area is 110 Å². The molecule has 0 radical (unpaired) electrons. The van der Waals surface area contributed by atoms with Crippen LogP contribution < -0.4 is 5.32 Å². The van der Waals surface area contributed by atoms with E-state index in [1.54, 1.807) is 0 Å². The maximum Gasteiger partial charge on any atom is 0.0991 e. The van der Waals surface area contributed by atoms with Crippen molar-refractivity contribution in [1.82, 2.24) is 5.32 Å². The SMILES string of the molecule is CC1CCCC(NCc2ccc(C#N)cc2)C1C. The molecule has 0 saturated heterocycles. The van der Waals surface area contributed by atoms with Crippen LogP contribution in [-0.2, 0) is 6.54 Å². The molecule has 2 rings (SSSR count). The molecule has 0 spiro atoms. The van der Waals surface area contributed by atoms with Gasteiger partial charge in [0.15, 0.2) is 0 Å². The first-order valence-electron chi connectivity index (χ1n) is 6.93. The predicted octanol–water partition coefficient (Wildman–Crippen LogP) is 3.47. The molecule has 1 saturated carbocycles. The van der Waals surface area contributed by atoms with Crippen molar-refractivity contribution in [2.24, 2.45) is 11.8 Å². The fourth-order valence-electron chi connectivity index (χ4n) is 2.82. The van der Waals surface area contributed by atoms with E-state index in [4.69, 9.17) is 5.26 Å². The van der Waals surface area contributed by atoms with Crippen molar-refractivity contribution < 1.29 is 0 Å². The van der Waals surface area contributed by atoms with Crippen LogP contribution in [0.25, 0.3) is 0 Å². The summed E-state index contributed by atoms with van der Waals surface area (Å²) in [5.41, 5.74) is 2.00. The van der Waals surface area contributed by atoms with E-state index in [0.717, 1.165) is 23.9 Å². The van der Waals surface area contributed by atoms with Crippen molar-refractivity contribution in [1.29, 1.82) is 5.26 Å². The standard InChI is InChI=1S/C16H22N2/c1-12-4-3-5-16(13(12)2)18-11-15-8-6-14(10-17)7-9-15/h6-9,12-13,16,18H,3-5,11H2,1-2H3. The van der Waals surface area contributed by atoms with Crippen LogP contribution in [0.2, 0.25) is 0 Å². The lowest BCUT2D eigenvalue weighted by Crippen LogP contribution is -2.40. The minimum atomic E-state index is 0.643. The molecule has 1 N–H and O–H groups in total. The molecular weight excluding hydrogens is 220 g/mol. The maximum atomic E-state index is 8.76. The van der Waals surface area contributed by atoms with Crippen LogP contribution in [0.3, 0.4) is 0 Å². The van der Waals surface area contributed by atoms with E-state index >= 15 is 0 Å². The zero-order chi connectivity index (χ0) is 13.0. The van der Waals surface area contributed by atoms with Gasteiger partial charge in [0, 0.05) is 12.6 Å². The van der Waals surface area contributed by atoms with Gasteiger partial charge in [0.2, 0.25) is 0 Å². The van der Waals surface area contributed by atoms with E-state index in [1.807, 2.05) is 24.3 Å². The van der Waals surface area contributed by atoms with Gasteiger partial charge in [-0.05, 0) is 36.0 Å². The van der Waals surface area contributed by atoms with Crippen molar-refractivity contribution in [3.8, 4) is 6.07 Å². The van der Waals surface area contributed by atoms with Crippen LogP contribution in [0.4, 0.5) is 0 Å². The van der Waals surface area contributed by atoms with Gasteiger partial charge in [-0.15, -0.1) is 0 Å². The molecule has 18 heavy (non-hydrogen) atoms. The Hall–Kier alpha value is -1.33. The number of hydrogen-bond donors (Lipinski definition) is 1. The Morgan fingerprint density at radius 2 is 1.94 bits per heavy atom. The Balaban J connectivity index is 1.88. The summed E-state index contributed by atoms with van der Waals surface area (Å²) >= 11 is 0. The number of rotatable bonds is 3. The number of nitrogens with zero attached hydrogens (tertiary/aromatic N) is 1. The van der Waals surface area contributed by atoms with Gasteiger partial charge in [0.05, 0.1) is 11.6 Å². The molecule has 0 bridgehead atoms. The Morgan fingerprint density at radius 1 is 1.22 bits per heavy atom. The third-order valence-corrected chi connectivity index (χ3v) is 4.36. The molecule has 0 amide bonds. The molecule has 0 aromatic heterocycles. The number of nitriles is 1. The summed E-state index contributed by atoms with van der Waals surface area (Å²) in [5.74, 6) is 1.59. The van der Waals surface area contributed by atoms with Gasteiger partial charge in [0.1, 0.15) is 0 Å². The zero-order valence-corrected chi connectivity index (χ0v) is 11.3. The van der Waals surface area contributed by atoms with Crippen molar-refractivity contribution >= 4 is 0 Å². The highest BCUT2D eigenvalue weighted by atomic mass is 14.9. The third kappa shape index (κ3) is 3.11. The Kier molecular flexibility index (Phi) is 4.38. The smallest absolute Gasteiger partial charge is 0.0991 e. The van der Waals surface area contributed by atoms with E-state index in [1.165, 1.54) is 24.8 Å². The van der Waals surface area contributed by atoms with Crippen LogP contribution in [0.15, 0.2) is 24.3 Å². The molecular formula is C16H22N2. The van der Waals surface area contributed by atoms with Gasteiger partial charge in [-0.2, -0.15) is 5.26 Å². The van der Waals surface area contributed by atoms with Gasteiger partial charge < -0.3 is 5.32 Å². The summed E-state index contributed by atoms with van der Waals surface area (Å²) in [6, 6.07) is 10.7. The van der Waals surface area contributed by atoms with Gasteiger partial charge in [0.25, 0.3) is 0 Å². The highest BCUT2D eigenvalue weighted by molar-refractivity contribution is 5.31. The second kappa shape index (κ2) is 6.02. The zero-order valence-electron chi connectivity index (χ0n) is 11.3. The van der Waals surface area contributed by atoms with E-state index in [-0.39, 0.29) is 0 Å². The minimum absolute atomic E-state index is 0.643. The van der Waals surface area contributed by atoms with Gasteiger partial charge in [-0.1, -0.05) is 38.8 Å². The number of hydrogen-bond acceptors (Lipinski definition) is 2. The second-order valence-electron chi connectivity index (χ2n) is 5.56. The van der Waals surface area contributed by atoms with E-state index in [2.05, 4.69) is 25.2 Å². The second-order valence-corrected chi connectivity index (χ2v) is 5.56. The van der Waals surface area contributed by atoms with Gasteiger partial charge in [-0.25, -0.2) is 0 Å². The molecule has 3 atom stereocenters. The fraction of sp³-hybridized carbons (Fsp3) is 0.562. The first-order valence-corrected chi connectivity index (χ1v) is 6.93. The maximum absolute atomic E-state index is 8.76. The summed E-state index contributed by atoms with van der Waals surface area (Å²) in [4.78, 5) is 0. The summed E-state index contributed by atoms with van der Waals surface area (Å²) in [5, 5.41) is 12.4. The molecule has 1 aliphatic carbocycles. The normalized spacial score (nSPS) is 27.7. The van der Waals surface area contributed by atoms with E-state index in [0.29, 0.717) is 6.04 Å². The van der Waals surface area contributed by atoms with E-state index < -0.39 is 0 Å². The van der Waals surface area contributed by atoms with Gasteiger partial charge in [-0.3, -0.25) is 0 Å². The topological polar surface area (TPSA) is 35.8 Å². The number of nitrogens with one attached hydrogen (secondary N) is 1. The summed E-state index contributed by atoms with van der Waals surface area (Å²) < 4.78 is 0. The first-order chi connectivity index (χ1) is 8.70. The molecule has 2 heteroatoms. The summed E-state index contributed by atoms with van der Waals surface area (Å²) in [7, 11) is 0. The average molecular weight is 242 g/mol. The first kappa shape index (κ1) is 13.1. The molecule has 1 aliphatic rings. The lowest BCUT2D eigenvalue weighted by molar-refractivity contribution is 0.206. The average Bonchev–Trinajstić information content (AvgIpc) is 2.41. The minimum Gasteiger partial charge on any atom is -0.310 e. The monoisotopic (exact) mass is 242 g/mol. The van der Waals surface area contributed by atoms with Crippen LogP contribution in [-0.4, -0.2) is 6.04 Å². The van der Waals surface area contributed by atoms with Crippen LogP contribution in [0, 0.1) is 23.2 Å². The quantitative estimate of drug-likeness (QED) is 0.881. The van der Waals surface area contributed by atoms with Gasteiger partial charge >= 0.3 is 0 Å². The molecule has 0 heterocycles. The lowest BCUT2D eigenvalue weighted by atomic mass is 9.78. The predicted molar refractivity (Wildman–Crippen MR) is 74.0 cm³/mol. The fourth-order valence-corrected chi connectivity index (χ4v) is 2.82. The molecule has 3 unspecified atom stereocenters. The largest absolute Gasteiger partial charge is 0.310 e. The molecule has 1 aromatic carbocycles. The third-order valence-electron chi connectivity index (χ3n) is 4.36. The van der Waals surface area contributed by atoms with Crippen LogP contribution in [0.5, 0.6) is 0 Å². The Bertz CT molecular complexity index is 416. The summed E-state index contributed by atoms with van der Waals surface area (Å²) in [6.45, 7) is 5.63. The van der Waals surface area contributed by atoms with Crippen LogP contribution >= 0.6 is 0 Å². The molecule has 1 aromatic rings. The van der Waals surface area contributed by atoms with Crippen LogP contribution in [0.1, 0.15) is 44.2 Å². The number of benzene rings is 1.